The van der Waals surface area contributed by atoms with Crippen molar-refractivity contribution in [3.8, 4) is 11.5 Å². The molecular formula is C64H84N6O8S2. The molecular weight excluding hydrogens is 1040 g/mol. The van der Waals surface area contributed by atoms with Crippen LogP contribution < -0.4 is 29.9 Å². The standard InChI is InChI=1S/C64H84N6O8S2/c1-61(2)53-27-19-21-29-55(53)67(63(61)39-35-49-47-51(69(73)74)31-33-57(49)77-63)43-37-59(71)65-41-23-15-11-7-5-9-13-17-25-45-79-80-46-26-18-14-10-6-8-12-16-24-42-66-60(72)38-44-68-56-30-22-20-28-54(56)62(3,4)64(68)40-36-50-48-52(70(75)76)32-34-58(50)78-64/h19-22,27-36,39-40,47-48H,5-18,23-26,37-38,41-46H2,1-4H3,(H,65,71)(H,66,72). The molecule has 8 rings (SSSR count). The second kappa shape index (κ2) is 28.1. The summed E-state index contributed by atoms with van der Waals surface area (Å²) in [7, 11) is 4.09. The first-order valence-electron chi connectivity index (χ1n) is 29.5. The van der Waals surface area contributed by atoms with E-state index in [1.807, 2.05) is 70.2 Å². The van der Waals surface area contributed by atoms with E-state index in [0.29, 0.717) is 61.6 Å². The van der Waals surface area contributed by atoms with E-state index in [4.69, 9.17) is 9.47 Å². The third-order valence-corrected chi connectivity index (χ3v) is 19.5. The van der Waals surface area contributed by atoms with Crippen molar-refractivity contribution in [1.29, 1.82) is 0 Å². The van der Waals surface area contributed by atoms with Crippen LogP contribution in [-0.4, -0.2) is 70.8 Å². The van der Waals surface area contributed by atoms with E-state index in [1.165, 1.54) is 114 Å². The van der Waals surface area contributed by atoms with Crippen molar-refractivity contribution in [2.45, 2.75) is 178 Å². The van der Waals surface area contributed by atoms with Crippen LogP contribution in [0.25, 0.3) is 12.2 Å². The number of carbonyl (C=O) groups excluding carboxylic acids is 2. The van der Waals surface area contributed by atoms with Crippen molar-refractivity contribution in [1.82, 2.24) is 10.6 Å². The zero-order valence-corrected chi connectivity index (χ0v) is 49.3. The smallest absolute Gasteiger partial charge is 0.270 e. The number of para-hydroxylation sites is 2. The number of nitrogens with one attached hydrogen (secondary N) is 2. The first-order chi connectivity index (χ1) is 38.7. The van der Waals surface area contributed by atoms with Gasteiger partial charge in [-0.2, -0.15) is 0 Å². The molecule has 2 unspecified atom stereocenters. The molecule has 16 heteroatoms. The maximum absolute atomic E-state index is 13.1. The Morgan fingerprint density at radius 2 is 0.850 bits per heavy atom. The Balaban J connectivity index is 0.575. The number of ether oxygens (including phenoxy) is 2. The molecule has 430 valence electrons. The average molecular weight is 1130 g/mol. The minimum absolute atomic E-state index is 0.0256. The SMILES string of the molecule is CC1(C)c2ccccc2N(CCC(=O)NCCCCCCCCCCCSSCCCCCCCCCCCNC(=O)CCN2c3ccccc3C(C)(C)C23C=Cc2cc([N+](=O)[O-])ccc2O3)C12C=Cc1cc([N+](=O)[O-])ccc1O2. The van der Waals surface area contributed by atoms with Crippen LogP contribution in [0.2, 0.25) is 0 Å². The summed E-state index contributed by atoms with van der Waals surface area (Å²) in [6.07, 6.45) is 30.7. The van der Waals surface area contributed by atoms with Crippen LogP contribution >= 0.6 is 21.6 Å². The number of non-ortho nitro benzene ring substituents is 2. The lowest BCUT2D eigenvalue weighted by Gasteiger charge is -2.47. The molecule has 0 fully saturated rings. The number of benzene rings is 4. The number of amides is 2. The molecule has 0 aliphatic carbocycles. The number of hydrogen-bond donors (Lipinski definition) is 2. The lowest BCUT2D eigenvalue weighted by molar-refractivity contribution is -0.385. The lowest BCUT2D eigenvalue weighted by atomic mass is 9.76. The first kappa shape index (κ1) is 60.1. The minimum atomic E-state index is -0.880. The van der Waals surface area contributed by atoms with E-state index < -0.39 is 32.1 Å². The van der Waals surface area contributed by atoms with Gasteiger partial charge in [-0.05, 0) is 113 Å². The molecule has 4 aliphatic rings. The first-order valence-corrected chi connectivity index (χ1v) is 32.0. The molecule has 4 aromatic rings. The predicted octanol–water partition coefficient (Wildman–Crippen LogP) is 15.4. The van der Waals surface area contributed by atoms with Crippen molar-refractivity contribution in [3.05, 3.63) is 140 Å². The van der Waals surface area contributed by atoms with Crippen molar-refractivity contribution < 1.29 is 28.9 Å². The molecule has 0 aromatic heterocycles. The van der Waals surface area contributed by atoms with Gasteiger partial charge in [0.05, 0.1) is 20.7 Å². The molecule has 2 amide bonds. The number of anilines is 2. The summed E-state index contributed by atoms with van der Waals surface area (Å²) in [6.45, 7) is 10.9. The fraction of sp³-hybridized carbons (Fsp3) is 0.531. The summed E-state index contributed by atoms with van der Waals surface area (Å²) < 4.78 is 13.6. The Labute approximate surface area is 482 Å². The number of hydrogen-bond acceptors (Lipinski definition) is 12. The Hall–Kier alpha value is -6.00. The molecule has 4 heterocycles. The van der Waals surface area contributed by atoms with Crippen molar-refractivity contribution in [2.24, 2.45) is 0 Å². The molecule has 4 aliphatic heterocycles. The van der Waals surface area contributed by atoms with Crippen LogP contribution in [0.5, 0.6) is 11.5 Å². The molecule has 14 nitrogen and oxygen atoms in total. The van der Waals surface area contributed by atoms with Gasteiger partial charge in [0.1, 0.15) is 11.5 Å². The van der Waals surface area contributed by atoms with Crippen LogP contribution in [-0.2, 0) is 20.4 Å². The molecule has 2 spiro atoms. The summed E-state index contributed by atoms with van der Waals surface area (Å²) in [5.74, 6) is 3.73. The number of nitrogens with zero attached hydrogens (tertiary/aromatic N) is 4. The van der Waals surface area contributed by atoms with E-state index in [0.717, 1.165) is 48.2 Å². The number of nitro groups is 2. The van der Waals surface area contributed by atoms with E-state index >= 15 is 0 Å². The third-order valence-electron chi connectivity index (χ3n) is 16.9. The normalized spacial score (nSPS) is 18.6. The fourth-order valence-corrected chi connectivity index (χ4v) is 14.5. The minimum Gasteiger partial charge on any atom is -0.463 e. The van der Waals surface area contributed by atoms with Crippen LogP contribution in [0.3, 0.4) is 0 Å². The quantitative estimate of drug-likeness (QED) is 0.0201. The number of nitro benzene ring substituents is 2. The largest absolute Gasteiger partial charge is 0.463 e. The van der Waals surface area contributed by atoms with Crippen LogP contribution in [0, 0.1) is 20.2 Å². The molecule has 0 saturated carbocycles. The van der Waals surface area contributed by atoms with Gasteiger partial charge in [-0.25, -0.2) is 0 Å². The number of carbonyl (C=O) groups is 2. The van der Waals surface area contributed by atoms with Gasteiger partial charge in [0.15, 0.2) is 0 Å². The summed E-state index contributed by atoms with van der Waals surface area (Å²) in [5, 5.41) is 29.1. The maximum Gasteiger partial charge on any atom is 0.270 e. The van der Waals surface area contributed by atoms with Crippen molar-refractivity contribution in [3.63, 3.8) is 0 Å². The topological polar surface area (TPSA) is 169 Å². The monoisotopic (exact) mass is 1130 g/mol. The molecule has 4 aromatic carbocycles. The molecule has 0 saturated heterocycles. The Kier molecular flexibility index (Phi) is 21.1. The number of rotatable bonds is 33. The highest BCUT2D eigenvalue weighted by atomic mass is 33.1. The summed E-state index contributed by atoms with van der Waals surface area (Å²) in [4.78, 5) is 52.6. The van der Waals surface area contributed by atoms with Gasteiger partial charge in [0.2, 0.25) is 23.3 Å². The highest BCUT2D eigenvalue weighted by Crippen LogP contribution is 2.56. The second-order valence-corrected chi connectivity index (χ2v) is 25.7. The summed E-state index contributed by atoms with van der Waals surface area (Å²) in [5.41, 5.74) is 3.07. The summed E-state index contributed by atoms with van der Waals surface area (Å²) >= 11 is 0. The van der Waals surface area contributed by atoms with Crippen molar-refractivity contribution >= 4 is 68.3 Å². The Morgan fingerprint density at radius 1 is 0.500 bits per heavy atom. The zero-order chi connectivity index (χ0) is 56.6. The van der Waals surface area contributed by atoms with E-state index in [-0.39, 0.29) is 23.2 Å². The van der Waals surface area contributed by atoms with Crippen LogP contribution in [0.15, 0.2) is 97.1 Å². The van der Waals surface area contributed by atoms with Gasteiger partial charge in [0, 0.05) is 97.3 Å². The van der Waals surface area contributed by atoms with Gasteiger partial charge in [-0.15, -0.1) is 0 Å². The Morgan fingerprint density at radius 3 is 1.23 bits per heavy atom. The average Bonchev–Trinajstić information content (AvgIpc) is 4.01. The molecule has 2 N–H and O–H groups in total. The Bertz CT molecular complexity index is 2650. The van der Waals surface area contributed by atoms with Crippen LogP contribution in [0.1, 0.15) is 178 Å². The molecule has 0 radical (unpaired) electrons. The predicted molar refractivity (Wildman–Crippen MR) is 328 cm³/mol. The van der Waals surface area contributed by atoms with E-state index in [1.54, 1.807) is 24.3 Å². The highest BCUT2D eigenvalue weighted by Gasteiger charge is 2.60. The zero-order valence-electron chi connectivity index (χ0n) is 47.6. The number of fused-ring (bicyclic) bond motifs is 4. The van der Waals surface area contributed by atoms with Gasteiger partial charge in [0.25, 0.3) is 11.4 Å². The van der Waals surface area contributed by atoms with E-state index in [2.05, 4.69) is 72.4 Å². The lowest BCUT2D eigenvalue weighted by Crippen LogP contribution is -2.60. The summed E-state index contributed by atoms with van der Waals surface area (Å²) in [6, 6.07) is 25.9. The molecule has 2 atom stereocenters. The third kappa shape index (κ3) is 14.0. The van der Waals surface area contributed by atoms with E-state index in [9.17, 15) is 29.8 Å². The maximum atomic E-state index is 13.1. The molecule has 80 heavy (non-hydrogen) atoms. The van der Waals surface area contributed by atoms with Gasteiger partial charge in [-0.1, -0.05) is 148 Å². The van der Waals surface area contributed by atoms with Gasteiger partial charge in [-0.3, -0.25) is 29.8 Å². The second-order valence-electron chi connectivity index (χ2n) is 23.0. The van der Waals surface area contributed by atoms with Gasteiger partial charge < -0.3 is 29.9 Å². The molecule has 0 bridgehead atoms. The fourth-order valence-electron chi connectivity index (χ4n) is 12.2. The van der Waals surface area contributed by atoms with Gasteiger partial charge >= 0.3 is 0 Å². The highest BCUT2D eigenvalue weighted by molar-refractivity contribution is 8.76. The van der Waals surface area contributed by atoms with Crippen molar-refractivity contribution in [2.75, 3.05) is 47.5 Å². The van der Waals surface area contributed by atoms with Crippen LogP contribution in [0.4, 0.5) is 22.7 Å². The number of unbranched alkanes of at least 4 members (excludes halogenated alkanes) is 16.